The minimum absolute atomic E-state index is 0.0969. The monoisotopic (exact) mass is 372 g/mol. The molecule has 3 aromatic rings. The third-order valence-electron chi connectivity index (χ3n) is 5.41. The van der Waals surface area contributed by atoms with E-state index in [1.54, 1.807) is 11.3 Å². The summed E-state index contributed by atoms with van der Waals surface area (Å²) in [4.78, 5) is 14.5. The number of thiophene rings is 1. The van der Waals surface area contributed by atoms with Crippen LogP contribution in [0.3, 0.4) is 0 Å². The molecule has 27 heavy (non-hydrogen) atoms. The number of carbonyl (C=O) groups excluding carboxylic acids is 1. The third kappa shape index (κ3) is 2.96. The van der Waals surface area contributed by atoms with Gasteiger partial charge in [-0.25, -0.2) is 0 Å². The van der Waals surface area contributed by atoms with E-state index in [0.717, 1.165) is 29.1 Å². The van der Waals surface area contributed by atoms with Crippen LogP contribution in [0.5, 0.6) is 0 Å². The van der Waals surface area contributed by atoms with E-state index in [1.165, 1.54) is 10.4 Å². The van der Waals surface area contributed by atoms with Gasteiger partial charge in [-0.15, -0.1) is 11.3 Å². The molecule has 2 aliphatic rings. The number of para-hydroxylation sites is 2. The molecule has 3 nitrogen and oxygen atoms in total. The molecule has 0 unspecified atom stereocenters. The number of allylic oxidation sites excluding steroid dienone is 1. The van der Waals surface area contributed by atoms with Gasteiger partial charge >= 0.3 is 0 Å². The lowest BCUT2D eigenvalue weighted by molar-refractivity contribution is -0.116. The van der Waals surface area contributed by atoms with Crippen molar-refractivity contribution in [2.75, 3.05) is 10.6 Å². The van der Waals surface area contributed by atoms with Crippen molar-refractivity contribution in [1.82, 2.24) is 0 Å². The maximum atomic E-state index is 13.3. The van der Waals surface area contributed by atoms with Crippen molar-refractivity contribution < 1.29 is 4.79 Å². The Morgan fingerprint density at radius 1 is 0.852 bits per heavy atom. The summed E-state index contributed by atoms with van der Waals surface area (Å²) in [5.74, 6) is 0.454. The van der Waals surface area contributed by atoms with E-state index in [2.05, 4.69) is 58.5 Å². The van der Waals surface area contributed by atoms with Crippen LogP contribution < -0.4 is 10.6 Å². The quantitative estimate of drug-likeness (QED) is 0.604. The van der Waals surface area contributed by atoms with Crippen molar-refractivity contribution in [3.05, 3.63) is 93.8 Å². The van der Waals surface area contributed by atoms with Crippen molar-refractivity contribution in [3.8, 4) is 0 Å². The van der Waals surface area contributed by atoms with Gasteiger partial charge in [0, 0.05) is 22.6 Å². The van der Waals surface area contributed by atoms with E-state index in [9.17, 15) is 4.79 Å². The minimum atomic E-state index is -0.0969. The second-order valence-corrected chi connectivity index (χ2v) is 8.07. The molecule has 0 saturated heterocycles. The summed E-state index contributed by atoms with van der Waals surface area (Å²) in [6.07, 6.45) is 1.41. The van der Waals surface area contributed by atoms with Gasteiger partial charge in [-0.2, -0.15) is 0 Å². The van der Waals surface area contributed by atoms with Gasteiger partial charge in [0.2, 0.25) is 0 Å². The van der Waals surface area contributed by atoms with Crippen molar-refractivity contribution in [3.63, 3.8) is 0 Å². The van der Waals surface area contributed by atoms with Gasteiger partial charge in [0.05, 0.1) is 17.4 Å². The second-order valence-electron chi connectivity index (χ2n) is 7.09. The summed E-state index contributed by atoms with van der Waals surface area (Å²) >= 11 is 1.69. The van der Waals surface area contributed by atoms with Gasteiger partial charge in [-0.3, -0.25) is 4.79 Å². The van der Waals surface area contributed by atoms with Gasteiger partial charge in [-0.1, -0.05) is 48.5 Å². The number of ketones is 1. The van der Waals surface area contributed by atoms with Crippen molar-refractivity contribution in [1.29, 1.82) is 0 Å². The number of hydrogen-bond donors (Lipinski definition) is 2. The zero-order chi connectivity index (χ0) is 18.2. The molecule has 0 saturated carbocycles. The molecule has 2 N–H and O–H groups in total. The number of carbonyl (C=O) groups is 1. The van der Waals surface area contributed by atoms with Crippen LogP contribution in [-0.2, 0) is 4.79 Å². The molecule has 0 fully saturated rings. The highest BCUT2D eigenvalue weighted by molar-refractivity contribution is 7.10. The van der Waals surface area contributed by atoms with Crippen LogP contribution in [0.2, 0.25) is 0 Å². The molecular weight excluding hydrogens is 352 g/mol. The Balaban J connectivity index is 1.61. The van der Waals surface area contributed by atoms with Gasteiger partial charge in [0.15, 0.2) is 5.78 Å². The number of nitrogens with one attached hydrogen (secondary N) is 2. The molecular formula is C23H20N2OS. The Hall–Kier alpha value is -2.85. The highest BCUT2D eigenvalue weighted by Gasteiger charge is 2.36. The van der Waals surface area contributed by atoms with Crippen LogP contribution >= 0.6 is 11.3 Å². The average molecular weight is 372 g/mol. The fourth-order valence-corrected chi connectivity index (χ4v) is 4.91. The standard InChI is InChI=1S/C23H20N2OS/c26-20-14-16(15-7-2-1-3-8-15)13-19-22(20)23(21-11-6-12-27-21)25-18-10-5-4-9-17(18)24-19/h1-12,16,23-25H,13-14H2/t16-,23+/m0/s1. The molecule has 1 aromatic heterocycles. The van der Waals surface area contributed by atoms with Crippen molar-refractivity contribution >= 4 is 28.5 Å². The van der Waals surface area contributed by atoms with E-state index in [1.807, 2.05) is 24.3 Å². The molecule has 2 atom stereocenters. The highest BCUT2D eigenvalue weighted by atomic mass is 32.1. The zero-order valence-corrected chi connectivity index (χ0v) is 15.6. The molecule has 1 aliphatic heterocycles. The molecule has 0 bridgehead atoms. The van der Waals surface area contributed by atoms with E-state index in [0.29, 0.717) is 6.42 Å². The van der Waals surface area contributed by atoms with Gasteiger partial charge < -0.3 is 10.6 Å². The number of anilines is 2. The van der Waals surface area contributed by atoms with Gasteiger partial charge in [-0.05, 0) is 41.5 Å². The first-order valence-corrected chi connectivity index (χ1v) is 10.1. The largest absolute Gasteiger partial charge is 0.372 e. The fraction of sp³-hybridized carbons (Fsp3) is 0.174. The van der Waals surface area contributed by atoms with Crippen LogP contribution in [-0.4, -0.2) is 5.78 Å². The molecule has 4 heteroatoms. The smallest absolute Gasteiger partial charge is 0.163 e. The predicted molar refractivity (Wildman–Crippen MR) is 111 cm³/mol. The first kappa shape index (κ1) is 16.3. The van der Waals surface area contributed by atoms with Gasteiger partial charge in [0.25, 0.3) is 0 Å². The lowest BCUT2D eigenvalue weighted by atomic mass is 9.79. The number of rotatable bonds is 2. The molecule has 0 radical (unpaired) electrons. The average Bonchev–Trinajstić information content (AvgIpc) is 3.17. The molecule has 1 aliphatic carbocycles. The second kappa shape index (κ2) is 6.71. The summed E-state index contributed by atoms with van der Waals surface area (Å²) in [5.41, 5.74) is 5.24. The van der Waals surface area contributed by atoms with Crippen LogP contribution in [0.4, 0.5) is 11.4 Å². The number of fused-ring (bicyclic) bond motifs is 1. The van der Waals surface area contributed by atoms with Crippen molar-refractivity contribution in [2.45, 2.75) is 24.8 Å². The van der Waals surface area contributed by atoms with Crippen LogP contribution in [0, 0.1) is 0 Å². The van der Waals surface area contributed by atoms with E-state index in [4.69, 9.17) is 0 Å². The van der Waals surface area contributed by atoms with Crippen molar-refractivity contribution in [2.24, 2.45) is 0 Å². The molecule has 2 aromatic carbocycles. The Morgan fingerprint density at radius 3 is 2.41 bits per heavy atom. The van der Waals surface area contributed by atoms with Crippen LogP contribution in [0.15, 0.2) is 83.4 Å². The van der Waals surface area contributed by atoms with E-state index in [-0.39, 0.29) is 17.7 Å². The third-order valence-corrected chi connectivity index (χ3v) is 6.34. The summed E-state index contributed by atoms with van der Waals surface area (Å²) in [7, 11) is 0. The maximum absolute atomic E-state index is 13.3. The first-order valence-electron chi connectivity index (χ1n) is 9.27. The van der Waals surface area contributed by atoms with E-state index >= 15 is 0 Å². The predicted octanol–water partition coefficient (Wildman–Crippen LogP) is 5.73. The summed E-state index contributed by atoms with van der Waals surface area (Å²) in [5, 5.41) is 9.27. The summed E-state index contributed by atoms with van der Waals surface area (Å²) in [6, 6.07) is 22.6. The Bertz CT molecular complexity index is 1010. The Morgan fingerprint density at radius 2 is 1.63 bits per heavy atom. The van der Waals surface area contributed by atoms with Gasteiger partial charge in [0.1, 0.15) is 0 Å². The van der Waals surface area contributed by atoms with E-state index < -0.39 is 0 Å². The van der Waals surface area contributed by atoms with Crippen LogP contribution in [0.1, 0.15) is 35.2 Å². The molecule has 0 spiro atoms. The molecule has 2 heterocycles. The number of hydrogen-bond acceptors (Lipinski definition) is 4. The lowest BCUT2D eigenvalue weighted by Gasteiger charge is -2.29. The normalized spacial score (nSPS) is 21.6. The topological polar surface area (TPSA) is 41.1 Å². The first-order chi connectivity index (χ1) is 13.3. The highest BCUT2D eigenvalue weighted by Crippen LogP contribution is 2.44. The molecule has 5 rings (SSSR count). The minimum Gasteiger partial charge on any atom is -0.372 e. The summed E-state index contributed by atoms with van der Waals surface area (Å²) in [6.45, 7) is 0. The fourth-order valence-electron chi connectivity index (χ4n) is 4.12. The molecule has 0 amide bonds. The summed E-state index contributed by atoms with van der Waals surface area (Å²) < 4.78 is 0. The van der Waals surface area contributed by atoms with Crippen LogP contribution in [0.25, 0.3) is 0 Å². The maximum Gasteiger partial charge on any atom is 0.163 e. The Labute approximate surface area is 162 Å². The lowest BCUT2D eigenvalue weighted by Crippen LogP contribution is -2.26. The SMILES string of the molecule is O=C1C[C@@H](c2ccccc2)CC2=C1[C@@H](c1cccs1)Nc1ccccc1N2. The molecule has 134 valence electrons. The number of benzene rings is 2. The zero-order valence-electron chi connectivity index (χ0n) is 14.8. The number of Topliss-reactive ketones (excluding diaryl/α,β-unsaturated/α-hetero) is 1. The Kier molecular flexibility index (Phi) is 4.06.